The highest BCUT2D eigenvalue weighted by atomic mass is 79.9. The fraction of sp³-hybridized carbons (Fsp3) is 0.588. The van der Waals surface area contributed by atoms with Gasteiger partial charge in [0.1, 0.15) is 5.60 Å². The second kappa shape index (κ2) is 7.99. The Labute approximate surface area is 155 Å². The number of carbonyl (C=O) groups excluding carboxylic acids is 1. The highest BCUT2D eigenvalue weighted by molar-refractivity contribution is 9.13. The largest absolute Gasteiger partial charge is 0.444 e. The zero-order valence-corrected chi connectivity index (χ0v) is 17.0. The summed E-state index contributed by atoms with van der Waals surface area (Å²) < 4.78 is 7.59. The minimum Gasteiger partial charge on any atom is -0.444 e. The first-order chi connectivity index (χ1) is 10.8. The average molecular weight is 448 g/mol. The number of amides is 1. The minimum absolute atomic E-state index is 0.201. The second-order valence-corrected chi connectivity index (χ2v) is 8.54. The molecule has 0 bridgehead atoms. The van der Waals surface area contributed by atoms with Gasteiger partial charge in [-0.1, -0.05) is 6.07 Å². The first-order valence-corrected chi connectivity index (χ1v) is 9.49. The number of halogens is 2. The number of nitrogens with one attached hydrogen (secondary N) is 1. The third kappa shape index (κ3) is 6.43. The van der Waals surface area contributed by atoms with Crippen molar-refractivity contribution >= 4 is 38.0 Å². The number of hydrogen-bond acceptors (Lipinski definition) is 3. The van der Waals surface area contributed by atoms with Crippen molar-refractivity contribution in [3.05, 3.63) is 32.7 Å². The molecule has 0 heterocycles. The van der Waals surface area contributed by atoms with Crippen LogP contribution in [0.4, 0.5) is 4.79 Å². The number of ether oxygens (including phenoxy) is 1. The van der Waals surface area contributed by atoms with Crippen LogP contribution in [0.2, 0.25) is 0 Å². The third-order valence-electron chi connectivity index (χ3n) is 3.46. The summed E-state index contributed by atoms with van der Waals surface area (Å²) in [5.41, 5.74) is 0.761. The van der Waals surface area contributed by atoms with Gasteiger partial charge in [0, 0.05) is 34.6 Å². The van der Waals surface area contributed by atoms with E-state index in [1.807, 2.05) is 31.7 Å². The fourth-order valence-electron chi connectivity index (χ4n) is 2.21. The van der Waals surface area contributed by atoms with Gasteiger partial charge in [-0.2, -0.15) is 0 Å². The Kier molecular flexibility index (Phi) is 6.51. The van der Waals surface area contributed by atoms with Crippen LogP contribution in [0.15, 0.2) is 27.1 Å². The Morgan fingerprint density at radius 2 is 2.00 bits per heavy atom. The zero-order chi connectivity index (χ0) is 17.0. The van der Waals surface area contributed by atoms with E-state index in [1.54, 1.807) is 0 Å². The Morgan fingerprint density at radius 3 is 2.57 bits per heavy atom. The molecule has 0 unspecified atom stereocenters. The SMILES string of the molecule is CC(C)(C)OC(=O)N(CCNCc1ccc(Br)c(Br)c1)C1CC1. The molecule has 1 fully saturated rings. The molecular weight excluding hydrogens is 424 g/mol. The Morgan fingerprint density at radius 1 is 1.30 bits per heavy atom. The first kappa shape index (κ1) is 18.7. The average Bonchev–Trinajstić information content (AvgIpc) is 3.25. The predicted molar refractivity (Wildman–Crippen MR) is 99.5 cm³/mol. The maximum absolute atomic E-state index is 12.3. The summed E-state index contributed by atoms with van der Waals surface area (Å²) in [5.74, 6) is 0. The van der Waals surface area contributed by atoms with Crippen LogP contribution < -0.4 is 5.32 Å². The maximum Gasteiger partial charge on any atom is 0.410 e. The number of hydrogen-bond donors (Lipinski definition) is 1. The molecule has 0 saturated heterocycles. The molecule has 1 N–H and O–H groups in total. The van der Waals surface area contributed by atoms with Gasteiger partial charge in [-0.3, -0.25) is 0 Å². The summed E-state index contributed by atoms with van der Waals surface area (Å²) in [5, 5.41) is 3.39. The number of nitrogens with zero attached hydrogens (tertiary/aromatic N) is 1. The Balaban J connectivity index is 1.78. The highest BCUT2D eigenvalue weighted by Crippen LogP contribution is 2.28. The van der Waals surface area contributed by atoms with Crippen molar-refractivity contribution in [2.45, 2.75) is 51.8 Å². The van der Waals surface area contributed by atoms with Crippen LogP contribution in [-0.2, 0) is 11.3 Å². The molecule has 0 aromatic heterocycles. The van der Waals surface area contributed by atoms with E-state index < -0.39 is 5.60 Å². The summed E-state index contributed by atoms with van der Waals surface area (Å²) in [6, 6.07) is 6.55. The van der Waals surface area contributed by atoms with E-state index in [9.17, 15) is 4.79 Å². The van der Waals surface area contributed by atoms with Gasteiger partial charge < -0.3 is 15.0 Å². The lowest BCUT2D eigenvalue weighted by molar-refractivity contribution is 0.0236. The first-order valence-electron chi connectivity index (χ1n) is 7.90. The van der Waals surface area contributed by atoms with Crippen molar-refractivity contribution in [2.75, 3.05) is 13.1 Å². The van der Waals surface area contributed by atoms with Gasteiger partial charge in [-0.05, 0) is 83.2 Å². The van der Waals surface area contributed by atoms with Gasteiger partial charge in [0.15, 0.2) is 0 Å². The van der Waals surface area contributed by atoms with Crippen molar-refractivity contribution in [3.63, 3.8) is 0 Å². The normalized spacial score (nSPS) is 14.7. The van der Waals surface area contributed by atoms with E-state index in [-0.39, 0.29) is 6.09 Å². The van der Waals surface area contributed by atoms with Gasteiger partial charge in [0.05, 0.1) is 0 Å². The predicted octanol–water partition coefficient (Wildman–Crippen LogP) is 4.70. The van der Waals surface area contributed by atoms with Gasteiger partial charge in [0.25, 0.3) is 0 Å². The van der Waals surface area contributed by atoms with E-state index in [4.69, 9.17) is 4.74 Å². The molecule has 1 saturated carbocycles. The lowest BCUT2D eigenvalue weighted by atomic mass is 10.2. The molecule has 0 aliphatic heterocycles. The molecule has 1 amide bonds. The van der Waals surface area contributed by atoms with E-state index in [0.29, 0.717) is 12.6 Å². The maximum atomic E-state index is 12.3. The van der Waals surface area contributed by atoms with Crippen molar-refractivity contribution in [3.8, 4) is 0 Å². The number of benzene rings is 1. The molecule has 1 aliphatic carbocycles. The van der Waals surface area contributed by atoms with Crippen LogP contribution in [0.3, 0.4) is 0 Å². The number of carbonyl (C=O) groups is 1. The smallest absolute Gasteiger partial charge is 0.410 e. The minimum atomic E-state index is -0.443. The van der Waals surface area contributed by atoms with Crippen LogP contribution in [0, 0.1) is 0 Å². The van der Waals surface area contributed by atoms with Crippen LogP contribution in [0.5, 0.6) is 0 Å². The molecule has 4 nitrogen and oxygen atoms in total. The summed E-state index contributed by atoms with van der Waals surface area (Å²) in [4.78, 5) is 14.1. The molecule has 0 spiro atoms. The molecule has 0 radical (unpaired) electrons. The number of rotatable bonds is 6. The van der Waals surface area contributed by atoms with Crippen molar-refractivity contribution in [1.29, 1.82) is 0 Å². The molecule has 23 heavy (non-hydrogen) atoms. The molecule has 128 valence electrons. The van der Waals surface area contributed by atoms with Gasteiger partial charge in [-0.25, -0.2) is 4.79 Å². The van der Waals surface area contributed by atoms with E-state index in [2.05, 4.69) is 49.3 Å². The Hall–Kier alpha value is -0.590. The van der Waals surface area contributed by atoms with E-state index >= 15 is 0 Å². The molecule has 2 rings (SSSR count). The topological polar surface area (TPSA) is 41.6 Å². The van der Waals surface area contributed by atoms with Crippen molar-refractivity contribution in [2.24, 2.45) is 0 Å². The summed E-state index contributed by atoms with van der Waals surface area (Å²) in [6.07, 6.45) is 1.96. The second-order valence-electron chi connectivity index (χ2n) is 6.83. The molecule has 0 atom stereocenters. The van der Waals surface area contributed by atoms with Crippen molar-refractivity contribution in [1.82, 2.24) is 10.2 Å². The lowest BCUT2D eigenvalue weighted by Gasteiger charge is -2.27. The molecule has 1 aliphatic rings. The highest BCUT2D eigenvalue weighted by Gasteiger charge is 2.34. The summed E-state index contributed by atoms with van der Waals surface area (Å²) in [7, 11) is 0. The van der Waals surface area contributed by atoms with Gasteiger partial charge in [0.2, 0.25) is 0 Å². The van der Waals surface area contributed by atoms with E-state index in [0.717, 1.165) is 34.9 Å². The monoisotopic (exact) mass is 446 g/mol. The van der Waals surface area contributed by atoms with Crippen LogP contribution in [0.25, 0.3) is 0 Å². The standard InChI is InChI=1S/C17H24Br2N2O2/c1-17(2,3)23-16(22)21(13-5-6-13)9-8-20-11-12-4-7-14(18)15(19)10-12/h4,7,10,13,20H,5-6,8-9,11H2,1-3H3. The lowest BCUT2D eigenvalue weighted by Crippen LogP contribution is -2.41. The zero-order valence-electron chi connectivity index (χ0n) is 13.9. The Bertz CT molecular complexity index is 554. The molecular formula is C17H24Br2N2O2. The third-order valence-corrected chi connectivity index (χ3v) is 5.34. The van der Waals surface area contributed by atoms with Crippen molar-refractivity contribution < 1.29 is 9.53 Å². The van der Waals surface area contributed by atoms with Crippen LogP contribution >= 0.6 is 31.9 Å². The summed E-state index contributed by atoms with van der Waals surface area (Å²) >= 11 is 6.98. The summed E-state index contributed by atoms with van der Waals surface area (Å²) in [6.45, 7) is 7.91. The molecule has 1 aromatic rings. The van der Waals surface area contributed by atoms with E-state index in [1.165, 1.54) is 5.56 Å². The van der Waals surface area contributed by atoms with Crippen LogP contribution in [-0.4, -0.2) is 35.7 Å². The van der Waals surface area contributed by atoms with Gasteiger partial charge >= 0.3 is 6.09 Å². The fourth-order valence-corrected chi connectivity index (χ4v) is 2.88. The molecule has 6 heteroatoms. The van der Waals surface area contributed by atoms with Crippen LogP contribution in [0.1, 0.15) is 39.2 Å². The molecule has 1 aromatic carbocycles. The quantitative estimate of drug-likeness (QED) is 0.642. The van der Waals surface area contributed by atoms with Gasteiger partial charge in [-0.15, -0.1) is 0 Å².